The van der Waals surface area contributed by atoms with Crippen LogP contribution in [0, 0.1) is 0 Å². The fraction of sp³-hybridized carbons (Fsp3) is 0.286. The van der Waals surface area contributed by atoms with E-state index in [-0.39, 0.29) is 0 Å². The molecule has 0 aromatic heterocycles. The number of hydrogen-bond acceptors (Lipinski definition) is 1. The van der Waals surface area contributed by atoms with E-state index in [0.29, 0.717) is 5.39 Å². The summed E-state index contributed by atoms with van der Waals surface area (Å²) >= 11 is 0. The molecule has 4 heteroatoms. The molecular weight excluding hydrogens is 239 g/mol. The first-order valence-corrected chi connectivity index (χ1v) is 5.79. The standard InChI is InChI=1S/C14H12F3N/c15-14(16,17)10-5-4-9-2-1-3-12(11(9)8-10)13(18)6-7-13/h1-5,8H,6-7,18H2. The molecule has 18 heavy (non-hydrogen) atoms. The number of benzene rings is 2. The molecule has 94 valence electrons. The Morgan fingerprint density at radius 3 is 2.39 bits per heavy atom. The Balaban J connectivity index is 2.25. The molecule has 0 saturated heterocycles. The van der Waals surface area contributed by atoms with Crippen LogP contribution < -0.4 is 5.73 Å². The Hall–Kier alpha value is -1.55. The second-order valence-corrected chi connectivity index (χ2v) is 4.90. The van der Waals surface area contributed by atoms with Crippen molar-refractivity contribution in [1.82, 2.24) is 0 Å². The second-order valence-electron chi connectivity index (χ2n) is 4.90. The lowest BCUT2D eigenvalue weighted by molar-refractivity contribution is -0.137. The van der Waals surface area contributed by atoms with Crippen molar-refractivity contribution >= 4 is 10.8 Å². The average Bonchev–Trinajstić information content (AvgIpc) is 3.06. The molecule has 0 amide bonds. The predicted octanol–water partition coefficient (Wildman–Crippen LogP) is 3.81. The van der Waals surface area contributed by atoms with Gasteiger partial charge in [-0.05, 0) is 41.3 Å². The highest BCUT2D eigenvalue weighted by Crippen LogP contribution is 2.46. The summed E-state index contributed by atoms with van der Waals surface area (Å²) in [5.74, 6) is 0. The van der Waals surface area contributed by atoms with E-state index < -0.39 is 17.3 Å². The molecule has 1 saturated carbocycles. The molecule has 2 aromatic rings. The van der Waals surface area contributed by atoms with Crippen molar-refractivity contribution < 1.29 is 13.2 Å². The molecule has 0 aliphatic heterocycles. The van der Waals surface area contributed by atoms with Crippen LogP contribution in [0.5, 0.6) is 0 Å². The van der Waals surface area contributed by atoms with Gasteiger partial charge in [0.25, 0.3) is 0 Å². The van der Waals surface area contributed by atoms with E-state index in [4.69, 9.17) is 5.73 Å². The minimum Gasteiger partial charge on any atom is -0.321 e. The second kappa shape index (κ2) is 3.48. The summed E-state index contributed by atoms with van der Waals surface area (Å²) in [6.45, 7) is 0. The van der Waals surface area contributed by atoms with E-state index in [0.717, 1.165) is 29.9 Å². The highest BCUT2D eigenvalue weighted by molar-refractivity contribution is 5.87. The van der Waals surface area contributed by atoms with E-state index in [2.05, 4.69) is 0 Å². The first kappa shape index (κ1) is 11.5. The summed E-state index contributed by atoms with van der Waals surface area (Å²) in [6, 6.07) is 9.31. The van der Waals surface area contributed by atoms with Crippen molar-refractivity contribution in [2.75, 3.05) is 0 Å². The van der Waals surface area contributed by atoms with Gasteiger partial charge in [0, 0.05) is 5.54 Å². The molecule has 0 spiro atoms. The van der Waals surface area contributed by atoms with Crippen molar-refractivity contribution in [2.45, 2.75) is 24.6 Å². The van der Waals surface area contributed by atoms with Crippen LogP contribution in [-0.4, -0.2) is 0 Å². The van der Waals surface area contributed by atoms with Crippen molar-refractivity contribution in [3.8, 4) is 0 Å². The third-order valence-electron chi connectivity index (χ3n) is 3.53. The summed E-state index contributed by atoms with van der Waals surface area (Å²) in [6.07, 6.45) is -2.64. The van der Waals surface area contributed by atoms with Crippen molar-refractivity contribution in [2.24, 2.45) is 5.73 Å². The van der Waals surface area contributed by atoms with Gasteiger partial charge in [-0.25, -0.2) is 0 Å². The maximum absolute atomic E-state index is 12.7. The topological polar surface area (TPSA) is 26.0 Å². The van der Waals surface area contributed by atoms with Gasteiger partial charge >= 0.3 is 6.18 Å². The summed E-state index contributed by atoms with van der Waals surface area (Å²) in [5.41, 5.74) is 5.89. The SMILES string of the molecule is NC1(c2cccc3ccc(C(F)(F)F)cc23)CC1. The molecular formula is C14H12F3N. The van der Waals surface area contributed by atoms with Gasteiger partial charge in [-0.1, -0.05) is 24.3 Å². The Labute approximate surface area is 102 Å². The smallest absolute Gasteiger partial charge is 0.321 e. The monoisotopic (exact) mass is 251 g/mol. The zero-order chi connectivity index (χ0) is 13.0. The molecule has 0 bridgehead atoms. The van der Waals surface area contributed by atoms with E-state index in [1.165, 1.54) is 12.1 Å². The van der Waals surface area contributed by atoms with Gasteiger partial charge in [0.15, 0.2) is 0 Å². The predicted molar refractivity (Wildman–Crippen MR) is 64.0 cm³/mol. The van der Waals surface area contributed by atoms with Crippen molar-refractivity contribution in [1.29, 1.82) is 0 Å². The lowest BCUT2D eigenvalue weighted by Crippen LogP contribution is -2.19. The zero-order valence-corrected chi connectivity index (χ0v) is 9.59. The van der Waals surface area contributed by atoms with E-state index >= 15 is 0 Å². The number of alkyl halides is 3. The van der Waals surface area contributed by atoms with Crippen LogP contribution in [0.2, 0.25) is 0 Å². The Morgan fingerprint density at radius 1 is 1.06 bits per heavy atom. The molecule has 3 rings (SSSR count). The Morgan fingerprint density at radius 2 is 1.78 bits per heavy atom. The highest BCUT2D eigenvalue weighted by Gasteiger charge is 2.41. The first-order chi connectivity index (χ1) is 8.40. The van der Waals surface area contributed by atoms with Gasteiger partial charge in [-0.15, -0.1) is 0 Å². The maximum Gasteiger partial charge on any atom is 0.416 e. The van der Waals surface area contributed by atoms with E-state index in [9.17, 15) is 13.2 Å². The van der Waals surface area contributed by atoms with Crippen LogP contribution in [-0.2, 0) is 11.7 Å². The van der Waals surface area contributed by atoms with Crippen LogP contribution in [0.1, 0.15) is 24.0 Å². The van der Waals surface area contributed by atoms with E-state index in [1.54, 1.807) is 0 Å². The van der Waals surface area contributed by atoms with Crippen molar-refractivity contribution in [3.05, 3.63) is 47.5 Å². The number of halogens is 3. The molecule has 0 atom stereocenters. The van der Waals surface area contributed by atoms with Gasteiger partial charge < -0.3 is 5.73 Å². The minimum absolute atomic E-state index is 0.427. The van der Waals surface area contributed by atoms with Crippen LogP contribution >= 0.6 is 0 Å². The molecule has 2 aromatic carbocycles. The fourth-order valence-electron chi connectivity index (χ4n) is 2.29. The molecule has 0 unspecified atom stereocenters. The number of hydrogen-bond donors (Lipinski definition) is 1. The number of rotatable bonds is 1. The molecule has 1 aliphatic rings. The van der Waals surface area contributed by atoms with Crippen LogP contribution in [0.4, 0.5) is 13.2 Å². The van der Waals surface area contributed by atoms with Gasteiger partial charge in [0.2, 0.25) is 0 Å². The van der Waals surface area contributed by atoms with Crippen LogP contribution in [0.25, 0.3) is 10.8 Å². The van der Waals surface area contributed by atoms with Crippen molar-refractivity contribution in [3.63, 3.8) is 0 Å². The zero-order valence-electron chi connectivity index (χ0n) is 9.59. The molecule has 1 fully saturated rings. The third-order valence-corrected chi connectivity index (χ3v) is 3.53. The lowest BCUT2D eigenvalue weighted by atomic mass is 9.96. The summed E-state index contributed by atoms with van der Waals surface area (Å²) < 4.78 is 38.2. The fourth-order valence-corrected chi connectivity index (χ4v) is 2.29. The lowest BCUT2D eigenvalue weighted by Gasteiger charge is -2.14. The average molecular weight is 251 g/mol. The summed E-state index contributed by atoms with van der Waals surface area (Å²) in [4.78, 5) is 0. The molecule has 1 aliphatic carbocycles. The normalized spacial score (nSPS) is 18.0. The quantitative estimate of drug-likeness (QED) is 0.819. The van der Waals surface area contributed by atoms with Gasteiger partial charge in [0.05, 0.1) is 5.56 Å². The Bertz CT molecular complexity index is 612. The third kappa shape index (κ3) is 1.77. The summed E-state index contributed by atoms with van der Waals surface area (Å²) in [5, 5.41) is 1.42. The number of nitrogens with two attached hydrogens (primary N) is 1. The van der Waals surface area contributed by atoms with Gasteiger partial charge in [-0.3, -0.25) is 0 Å². The molecule has 0 heterocycles. The van der Waals surface area contributed by atoms with Crippen LogP contribution in [0.15, 0.2) is 36.4 Å². The van der Waals surface area contributed by atoms with Gasteiger partial charge in [-0.2, -0.15) is 13.2 Å². The largest absolute Gasteiger partial charge is 0.416 e. The highest BCUT2D eigenvalue weighted by atomic mass is 19.4. The first-order valence-electron chi connectivity index (χ1n) is 5.79. The molecule has 0 radical (unpaired) electrons. The van der Waals surface area contributed by atoms with Gasteiger partial charge in [0.1, 0.15) is 0 Å². The van der Waals surface area contributed by atoms with Crippen LogP contribution in [0.3, 0.4) is 0 Å². The Kier molecular flexibility index (Phi) is 2.23. The number of fused-ring (bicyclic) bond motifs is 1. The maximum atomic E-state index is 12.7. The summed E-state index contributed by atoms with van der Waals surface area (Å²) in [7, 11) is 0. The molecule has 2 N–H and O–H groups in total. The molecule has 1 nitrogen and oxygen atoms in total. The minimum atomic E-state index is -4.31. The van der Waals surface area contributed by atoms with E-state index in [1.807, 2.05) is 18.2 Å².